The molecule has 112 valence electrons. The number of hydrogen-bond acceptors (Lipinski definition) is 0. The van der Waals surface area contributed by atoms with Gasteiger partial charge in [0.15, 0.2) is 0 Å². The zero-order valence-electron chi connectivity index (χ0n) is 13.4. The molecule has 0 bridgehead atoms. The Morgan fingerprint density at radius 1 is 0.864 bits per heavy atom. The Labute approximate surface area is 135 Å². The van der Waals surface area contributed by atoms with Gasteiger partial charge in [0.25, 0.3) is 0 Å². The summed E-state index contributed by atoms with van der Waals surface area (Å²) in [6.45, 7) is 4.00. The Hall–Kier alpha value is -2.52. The van der Waals surface area contributed by atoms with Gasteiger partial charge in [-0.15, -0.1) is 6.42 Å². The van der Waals surface area contributed by atoms with Crippen LogP contribution < -0.4 is 0 Å². The first-order chi connectivity index (χ1) is 10.9. The highest BCUT2D eigenvalue weighted by molar-refractivity contribution is 5.33. The number of allylic oxidation sites excluding steroid dienone is 4. The lowest BCUT2D eigenvalue weighted by atomic mass is 9.88. The van der Waals surface area contributed by atoms with Crippen molar-refractivity contribution in [1.82, 2.24) is 0 Å². The van der Waals surface area contributed by atoms with E-state index in [2.05, 4.69) is 72.7 Å². The van der Waals surface area contributed by atoms with Crippen LogP contribution in [0.2, 0.25) is 0 Å². The van der Waals surface area contributed by atoms with Crippen LogP contribution in [0.1, 0.15) is 37.3 Å². The van der Waals surface area contributed by atoms with Gasteiger partial charge >= 0.3 is 0 Å². The van der Waals surface area contributed by atoms with Gasteiger partial charge in [-0.1, -0.05) is 98.7 Å². The summed E-state index contributed by atoms with van der Waals surface area (Å²) in [6.07, 6.45) is 13.9. The molecule has 0 amide bonds. The molecule has 0 aliphatic heterocycles. The quantitative estimate of drug-likeness (QED) is 0.469. The summed E-state index contributed by atoms with van der Waals surface area (Å²) in [6, 6.07) is 21.2. The van der Waals surface area contributed by atoms with E-state index in [1.165, 1.54) is 11.1 Å². The fourth-order valence-corrected chi connectivity index (χ4v) is 2.24. The first-order valence-electron chi connectivity index (χ1n) is 7.79. The average molecular weight is 288 g/mol. The average Bonchev–Trinajstić information content (AvgIpc) is 2.61. The largest absolute Gasteiger partial charge is 0.115 e. The topological polar surface area (TPSA) is 0 Å². The molecule has 0 saturated carbocycles. The molecule has 2 aromatic carbocycles. The zero-order valence-corrected chi connectivity index (χ0v) is 13.4. The third-order valence-electron chi connectivity index (χ3n) is 3.22. The lowest BCUT2D eigenvalue weighted by Crippen LogP contribution is -1.99. The van der Waals surface area contributed by atoms with Crippen LogP contribution in [0.4, 0.5) is 0 Å². The smallest absolute Gasteiger partial charge is 0.0124 e. The van der Waals surface area contributed by atoms with Gasteiger partial charge in [-0.05, 0) is 23.6 Å². The maximum atomic E-state index is 5.18. The molecule has 22 heavy (non-hydrogen) atoms. The van der Waals surface area contributed by atoms with Crippen molar-refractivity contribution in [2.75, 3.05) is 0 Å². The van der Waals surface area contributed by atoms with Crippen LogP contribution in [-0.2, 0) is 0 Å². The third-order valence-corrected chi connectivity index (χ3v) is 3.22. The summed E-state index contributed by atoms with van der Waals surface area (Å²) >= 11 is 0. The molecule has 0 aliphatic carbocycles. The summed E-state index contributed by atoms with van der Waals surface area (Å²) in [5.74, 6) is 2.87. The molecular weight excluding hydrogens is 264 g/mol. The van der Waals surface area contributed by atoms with Crippen LogP contribution in [0, 0.1) is 12.3 Å². The Morgan fingerprint density at radius 2 is 1.36 bits per heavy atom. The van der Waals surface area contributed by atoms with E-state index in [9.17, 15) is 0 Å². The van der Waals surface area contributed by atoms with Crippen LogP contribution in [-0.4, -0.2) is 0 Å². The van der Waals surface area contributed by atoms with E-state index in [1.54, 1.807) is 6.08 Å². The normalized spacial score (nSPS) is 10.5. The molecule has 0 aromatic heterocycles. The van der Waals surface area contributed by atoms with Gasteiger partial charge in [0, 0.05) is 5.92 Å². The Balaban J connectivity index is 0.00000116. The highest BCUT2D eigenvalue weighted by Crippen LogP contribution is 2.28. The molecule has 2 rings (SSSR count). The molecule has 0 unspecified atom stereocenters. The van der Waals surface area contributed by atoms with E-state index in [-0.39, 0.29) is 0 Å². The van der Waals surface area contributed by atoms with Crippen molar-refractivity contribution in [3.05, 3.63) is 96.1 Å². The minimum atomic E-state index is 0.382. The second kappa shape index (κ2) is 11.2. The number of rotatable bonds is 5. The van der Waals surface area contributed by atoms with E-state index < -0.39 is 0 Å². The van der Waals surface area contributed by atoms with Crippen molar-refractivity contribution in [3.63, 3.8) is 0 Å². The summed E-state index contributed by atoms with van der Waals surface area (Å²) in [4.78, 5) is 0. The van der Waals surface area contributed by atoms with Gasteiger partial charge in [0.2, 0.25) is 0 Å². The van der Waals surface area contributed by atoms with Gasteiger partial charge in [-0.3, -0.25) is 0 Å². The summed E-state index contributed by atoms with van der Waals surface area (Å²) in [5.41, 5.74) is 2.67. The van der Waals surface area contributed by atoms with E-state index in [0.717, 1.165) is 6.42 Å². The molecule has 0 aliphatic rings. The summed E-state index contributed by atoms with van der Waals surface area (Å²) in [7, 11) is 0. The van der Waals surface area contributed by atoms with Crippen LogP contribution in [0.15, 0.2) is 85.0 Å². The molecule has 0 heteroatoms. The highest BCUT2D eigenvalue weighted by Gasteiger charge is 2.11. The van der Waals surface area contributed by atoms with Gasteiger partial charge in [-0.2, -0.15) is 0 Å². The van der Waals surface area contributed by atoms with Gasteiger partial charge in [0.1, 0.15) is 0 Å². The van der Waals surface area contributed by atoms with E-state index >= 15 is 0 Å². The Morgan fingerprint density at radius 3 is 1.82 bits per heavy atom. The minimum absolute atomic E-state index is 0.382. The monoisotopic (exact) mass is 288 g/mol. The fraction of sp³-hybridized carbons (Fsp3) is 0.182. The zero-order chi connectivity index (χ0) is 16.0. The first kappa shape index (κ1) is 17.5. The highest BCUT2D eigenvalue weighted by atomic mass is 14.1. The van der Waals surface area contributed by atoms with Gasteiger partial charge < -0.3 is 0 Å². The third kappa shape index (κ3) is 5.85. The minimum Gasteiger partial charge on any atom is -0.115 e. The second-order valence-corrected chi connectivity index (χ2v) is 4.56. The molecule has 0 radical (unpaired) electrons. The maximum absolute atomic E-state index is 5.18. The second-order valence-electron chi connectivity index (χ2n) is 4.56. The standard InChI is InChI=1S/C20H18.C2H6/c1-2-3-4-5-12-17-20(18-13-8-6-9-14-18)19-15-10-7-11-16-19;1-2/h1,3-16,20H,17H2;1-2H3/b4-3-,12-5-;. The first-order valence-corrected chi connectivity index (χ1v) is 7.79. The van der Waals surface area contributed by atoms with Crippen molar-refractivity contribution in [2.24, 2.45) is 0 Å². The lowest BCUT2D eigenvalue weighted by molar-refractivity contribution is 0.829. The molecule has 0 fully saturated rings. The predicted octanol–water partition coefficient (Wildman–Crippen LogP) is 5.98. The predicted molar refractivity (Wildman–Crippen MR) is 97.8 cm³/mol. The SMILES string of the molecule is C#C/C=C\C=C/CC(c1ccccc1)c1ccccc1.CC. The molecule has 0 spiro atoms. The van der Waals surface area contributed by atoms with Gasteiger partial charge in [0.05, 0.1) is 0 Å². The number of benzene rings is 2. The molecule has 2 aromatic rings. The van der Waals surface area contributed by atoms with E-state index in [0.29, 0.717) is 5.92 Å². The van der Waals surface area contributed by atoms with Crippen LogP contribution in [0.5, 0.6) is 0 Å². The van der Waals surface area contributed by atoms with E-state index in [4.69, 9.17) is 6.42 Å². The van der Waals surface area contributed by atoms with E-state index in [1.807, 2.05) is 26.0 Å². The summed E-state index contributed by atoms with van der Waals surface area (Å²) in [5, 5.41) is 0. The van der Waals surface area contributed by atoms with Crippen LogP contribution in [0.3, 0.4) is 0 Å². The molecular formula is C22H24. The molecule has 0 N–H and O–H groups in total. The Bertz CT molecular complexity index is 558. The van der Waals surface area contributed by atoms with Crippen molar-refractivity contribution in [3.8, 4) is 12.3 Å². The van der Waals surface area contributed by atoms with Crippen LogP contribution >= 0.6 is 0 Å². The molecule has 0 heterocycles. The van der Waals surface area contributed by atoms with Crippen molar-refractivity contribution >= 4 is 0 Å². The fourth-order valence-electron chi connectivity index (χ4n) is 2.24. The maximum Gasteiger partial charge on any atom is 0.0124 e. The lowest BCUT2D eigenvalue weighted by Gasteiger charge is -2.16. The van der Waals surface area contributed by atoms with Crippen LogP contribution in [0.25, 0.3) is 0 Å². The van der Waals surface area contributed by atoms with Gasteiger partial charge in [-0.25, -0.2) is 0 Å². The number of terminal acetylenes is 1. The van der Waals surface area contributed by atoms with Crippen molar-refractivity contribution < 1.29 is 0 Å². The van der Waals surface area contributed by atoms with Crippen molar-refractivity contribution in [2.45, 2.75) is 26.2 Å². The molecule has 0 nitrogen and oxygen atoms in total. The van der Waals surface area contributed by atoms with Crippen molar-refractivity contribution in [1.29, 1.82) is 0 Å². The molecule has 0 saturated heterocycles. The molecule has 0 atom stereocenters. The summed E-state index contributed by atoms with van der Waals surface area (Å²) < 4.78 is 0. The Kier molecular flexibility index (Phi) is 8.90. The number of hydrogen-bond donors (Lipinski definition) is 0.